The third-order valence-electron chi connectivity index (χ3n) is 2.90. The van der Waals surface area contributed by atoms with Crippen molar-refractivity contribution in [3.63, 3.8) is 0 Å². The van der Waals surface area contributed by atoms with Crippen molar-refractivity contribution >= 4 is 5.78 Å². The Balaban J connectivity index is 2.39. The Morgan fingerprint density at radius 1 is 1.06 bits per heavy atom. The lowest BCUT2D eigenvalue weighted by atomic mass is 9.89. The largest absolute Gasteiger partial charge is 0.497 e. The van der Waals surface area contributed by atoms with Gasteiger partial charge in [-0.25, -0.2) is 0 Å². The standard InChI is InChI=1S/C15H15NO2/c1-11(17)15(13-7-9-16-10-8-13)12-3-5-14(18-2)6-4-12/h3-10,15H,1-2H3. The minimum Gasteiger partial charge on any atom is -0.497 e. The van der Waals surface area contributed by atoms with E-state index in [4.69, 9.17) is 4.74 Å². The van der Waals surface area contributed by atoms with Gasteiger partial charge in [0.25, 0.3) is 0 Å². The van der Waals surface area contributed by atoms with Gasteiger partial charge in [0.05, 0.1) is 13.0 Å². The van der Waals surface area contributed by atoms with Crippen molar-refractivity contribution in [2.75, 3.05) is 7.11 Å². The Bertz CT molecular complexity index is 520. The third-order valence-corrected chi connectivity index (χ3v) is 2.90. The second kappa shape index (κ2) is 5.45. The van der Waals surface area contributed by atoms with E-state index < -0.39 is 0 Å². The van der Waals surface area contributed by atoms with Crippen LogP contribution < -0.4 is 4.74 Å². The van der Waals surface area contributed by atoms with Gasteiger partial charge in [0.15, 0.2) is 0 Å². The van der Waals surface area contributed by atoms with Gasteiger partial charge in [-0.15, -0.1) is 0 Å². The Morgan fingerprint density at radius 3 is 2.11 bits per heavy atom. The average molecular weight is 241 g/mol. The summed E-state index contributed by atoms with van der Waals surface area (Å²) in [5.41, 5.74) is 1.93. The van der Waals surface area contributed by atoms with Crippen molar-refractivity contribution in [1.82, 2.24) is 4.98 Å². The monoisotopic (exact) mass is 241 g/mol. The highest BCUT2D eigenvalue weighted by Gasteiger charge is 2.18. The minimum absolute atomic E-state index is 0.117. The van der Waals surface area contributed by atoms with E-state index in [1.165, 1.54) is 0 Å². The molecule has 1 aromatic heterocycles. The second-order valence-corrected chi connectivity index (χ2v) is 4.10. The first kappa shape index (κ1) is 12.3. The molecule has 1 heterocycles. The molecule has 0 radical (unpaired) electrons. The van der Waals surface area contributed by atoms with Gasteiger partial charge in [0.1, 0.15) is 11.5 Å². The molecule has 0 N–H and O–H groups in total. The zero-order chi connectivity index (χ0) is 13.0. The molecule has 0 aliphatic rings. The number of carbonyl (C=O) groups excluding carboxylic acids is 1. The van der Waals surface area contributed by atoms with E-state index in [-0.39, 0.29) is 11.7 Å². The van der Waals surface area contributed by atoms with Crippen LogP contribution in [0.4, 0.5) is 0 Å². The molecule has 18 heavy (non-hydrogen) atoms. The zero-order valence-corrected chi connectivity index (χ0v) is 10.5. The maximum Gasteiger partial charge on any atom is 0.141 e. The van der Waals surface area contributed by atoms with Gasteiger partial charge < -0.3 is 4.74 Å². The first-order chi connectivity index (χ1) is 8.72. The molecule has 0 saturated heterocycles. The fourth-order valence-electron chi connectivity index (χ4n) is 2.01. The molecule has 1 aromatic carbocycles. The number of nitrogens with zero attached hydrogens (tertiary/aromatic N) is 1. The molecule has 1 atom stereocenters. The average Bonchev–Trinajstić information content (AvgIpc) is 2.40. The second-order valence-electron chi connectivity index (χ2n) is 4.10. The molecular weight excluding hydrogens is 226 g/mol. The maximum atomic E-state index is 11.8. The number of pyridine rings is 1. The number of ether oxygens (including phenoxy) is 1. The van der Waals surface area contributed by atoms with Crippen molar-refractivity contribution in [3.8, 4) is 5.75 Å². The highest BCUT2D eigenvalue weighted by atomic mass is 16.5. The van der Waals surface area contributed by atoms with Crippen molar-refractivity contribution < 1.29 is 9.53 Å². The fourth-order valence-corrected chi connectivity index (χ4v) is 2.01. The Morgan fingerprint density at radius 2 is 1.61 bits per heavy atom. The van der Waals surface area contributed by atoms with Gasteiger partial charge in [-0.2, -0.15) is 0 Å². The van der Waals surface area contributed by atoms with E-state index in [9.17, 15) is 4.79 Å². The van der Waals surface area contributed by atoms with Gasteiger partial charge in [0, 0.05) is 12.4 Å². The van der Waals surface area contributed by atoms with Gasteiger partial charge >= 0.3 is 0 Å². The molecule has 0 saturated carbocycles. The first-order valence-corrected chi connectivity index (χ1v) is 5.76. The maximum absolute atomic E-state index is 11.8. The lowest BCUT2D eigenvalue weighted by Gasteiger charge is -2.14. The summed E-state index contributed by atoms with van der Waals surface area (Å²) in [4.78, 5) is 15.8. The number of rotatable bonds is 4. The fraction of sp³-hybridized carbons (Fsp3) is 0.200. The molecule has 0 bridgehead atoms. The minimum atomic E-state index is -0.237. The van der Waals surface area contributed by atoms with Crippen LogP contribution in [0.5, 0.6) is 5.75 Å². The lowest BCUT2D eigenvalue weighted by molar-refractivity contribution is -0.117. The molecular formula is C15H15NO2. The number of Topliss-reactive ketones (excluding diaryl/α,β-unsaturated/α-hetero) is 1. The van der Waals surface area contributed by atoms with Crippen LogP contribution in [0.25, 0.3) is 0 Å². The normalized spacial score (nSPS) is 11.9. The Labute approximate surface area is 106 Å². The van der Waals surface area contributed by atoms with Crippen LogP contribution in [0, 0.1) is 0 Å². The predicted molar refractivity (Wildman–Crippen MR) is 69.8 cm³/mol. The molecule has 3 nitrogen and oxygen atoms in total. The third kappa shape index (κ3) is 2.56. The van der Waals surface area contributed by atoms with Crippen LogP contribution in [-0.4, -0.2) is 17.9 Å². The van der Waals surface area contributed by atoms with E-state index >= 15 is 0 Å². The Hall–Kier alpha value is -2.16. The number of carbonyl (C=O) groups is 1. The van der Waals surface area contributed by atoms with Crippen LogP contribution in [-0.2, 0) is 4.79 Å². The topological polar surface area (TPSA) is 39.2 Å². The SMILES string of the molecule is COc1ccc(C(C(C)=O)c2ccncc2)cc1. The molecule has 1 unspecified atom stereocenters. The summed E-state index contributed by atoms with van der Waals surface area (Å²) < 4.78 is 5.12. The molecule has 0 aliphatic carbocycles. The van der Waals surface area contributed by atoms with Gasteiger partial charge in [-0.05, 0) is 42.3 Å². The predicted octanol–water partition coefficient (Wildman–Crippen LogP) is 2.81. The van der Waals surface area contributed by atoms with Crippen LogP contribution in [0.3, 0.4) is 0 Å². The molecule has 0 fully saturated rings. The van der Waals surface area contributed by atoms with Crippen LogP contribution in [0.15, 0.2) is 48.8 Å². The van der Waals surface area contributed by atoms with Crippen molar-refractivity contribution in [2.45, 2.75) is 12.8 Å². The van der Waals surface area contributed by atoms with E-state index in [0.29, 0.717) is 0 Å². The summed E-state index contributed by atoms with van der Waals surface area (Å²) in [5.74, 6) is 0.668. The lowest BCUT2D eigenvalue weighted by Crippen LogP contribution is -2.10. The van der Waals surface area contributed by atoms with Crippen molar-refractivity contribution in [3.05, 3.63) is 59.9 Å². The van der Waals surface area contributed by atoms with Crippen molar-refractivity contribution in [2.24, 2.45) is 0 Å². The quantitative estimate of drug-likeness (QED) is 0.826. The van der Waals surface area contributed by atoms with E-state index in [0.717, 1.165) is 16.9 Å². The smallest absolute Gasteiger partial charge is 0.141 e. The zero-order valence-electron chi connectivity index (χ0n) is 10.5. The number of hydrogen-bond acceptors (Lipinski definition) is 3. The molecule has 92 valence electrons. The number of hydrogen-bond donors (Lipinski definition) is 0. The number of aromatic nitrogens is 1. The highest BCUT2D eigenvalue weighted by Crippen LogP contribution is 2.26. The summed E-state index contributed by atoms with van der Waals surface area (Å²) in [6.07, 6.45) is 3.41. The summed E-state index contributed by atoms with van der Waals surface area (Å²) in [6, 6.07) is 11.3. The number of ketones is 1. The summed E-state index contributed by atoms with van der Waals surface area (Å²) in [5, 5.41) is 0. The molecule has 0 amide bonds. The summed E-state index contributed by atoms with van der Waals surface area (Å²) >= 11 is 0. The molecule has 2 rings (SSSR count). The van der Waals surface area contributed by atoms with Gasteiger partial charge in [-0.1, -0.05) is 12.1 Å². The molecule has 0 aliphatic heterocycles. The van der Waals surface area contributed by atoms with E-state index in [1.807, 2.05) is 36.4 Å². The molecule has 3 heteroatoms. The highest BCUT2D eigenvalue weighted by molar-refractivity contribution is 5.86. The number of methoxy groups -OCH3 is 1. The summed E-state index contributed by atoms with van der Waals surface area (Å²) in [7, 11) is 1.63. The molecule has 0 spiro atoms. The van der Waals surface area contributed by atoms with E-state index in [2.05, 4.69) is 4.98 Å². The number of benzene rings is 1. The van der Waals surface area contributed by atoms with Crippen molar-refractivity contribution in [1.29, 1.82) is 0 Å². The Kier molecular flexibility index (Phi) is 3.72. The van der Waals surface area contributed by atoms with Gasteiger partial charge in [0.2, 0.25) is 0 Å². The van der Waals surface area contributed by atoms with Crippen LogP contribution in [0.2, 0.25) is 0 Å². The summed E-state index contributed by atoms with van der Waals surface area (Å²) in [6.45, 7) is 1.61. The van der Waals surface area contributed by atoms with E-state index in [1.54, 1.807) is 26.4 Å². The van der Waals surface area contributed by atoms with Crippen LogP contribution >= 0.6 is 0 Å². The molecule has 2 aromatic rings. The van der Waals surface area contributed by atoms with Gasteiger partial charge in [-0.3, -0.25) is 9.78 Å². The van der Waals surface area contributed by atoms with Crippen LogP contribution in [0.1, 0.15) is 24.0 Å². The first-order valence-electron chi connectivity index (χ1n) is 5.76.